The number of rotatable bonds is 30. The first-order valence-corrected chi connectivity index (χ1v) is 22.1. The predicted octanol–water partition coefficient (Wildman–Crippen LogP) is 0.262. The number of carbonyl (C=O) groups is 9. The molecule has 1 aromatic carbocycles. The number of aliphatic carboxylic acids is 4. The Bertz CT molecular complexity index is 1680. The normalized spacial score (nSPS) is 15.5. The smallest absolute Gasteiger partial charge is 0.326 e. The summed E-state index contributed by atoms with van der Waals surface area (Å²) in [4.78, 5) is 116. The quantitative estimate of drug-likeness (QED) is 0.0402. The second kappa shape index (κ2) is 32.3. The summed E-state index contributed by atoms with van der Waals surface area (Å²) in [6.45, 7) is 4.80. The van der Waals surface area contributed by atoms with E-state index in [9.17, 15) is 58.5 Å². The number of unbranched alkanes of at least 4 members (excludes halogenated alkanes) is 3. The summed E-state index contributed by atoms with van der Waals surface area (Å²) in [6.07, 6.45) is 1.78. The highest BCUT2D eigenvalue weighted by molar-refractivity contribution is 9.10. The molecule has 7 N–H and O–H groups in total. The van der Waals surface area contributed by atoms with Crippen molar-refractivity contribution in [2.24, 2.45) is 0 Å². The maximum absolute atomic E-state index is 13.5. The second-order valence-electron chi connectivity index (χ2n) is 15.4. The average molecular weight is 988 g/mol. The first kappa shape index (κ1) is 55.7. The van der Waals surface area contributed by atoms with E-state index in [2.05, 4.69) is 31.9 Å². The highest BCUT2D eigenvalue weighted by Gasteiger charge is 2.25. The number of urea groups is 1. The van der Waals surface area contributed by atoms with E-state index in [4.69, 9.17) is 14.6 Å². The Morgan fingerprint density at radius 3 is 1.68 bits per heavy atom. The van der Waals surface area contributed by atoms with Gasteiger partial charge in [0.25, 0.3) is 12.9 Å². The second-order valence-corrected chi connectivity index (χ2v) is 16.3. The van der Waals surface area contributed by atoms with Gasteiger partial charge in [0.2, 0.25) is 11.8 Å². The van der Waals surface area contributed by atoms with Gasteiger partial charge in [0.15, 0.2) is 0 Å². The van der Waals surface area contributed by atoms with Gasteiger partial charge in [0, 0.05) is 89.3 Å². The zero-order chi connectivity index (χ0) is 48.0. The number of hydrogen-bond donors (Lipinski definition) is 7. The van der Waals surface area contributed by atoms with E-state index >= 15 is 0 Å². The Labute approximate surface area is 385 Å². The third-order valence-corrected chi connectivity index (χ3v) is 10.9. The van der Waals surface area contributed by atoms with Crippen LogP contribution in [0.15, 0.2) is 28.7 Å². The minimum absolute atomic E-state index is 0.0172. The third-order valence-electron chi connectivity index (χ3n) is 10.4. The Morgan fingerprint density at radius 2 is 1.17 bits per heavy atom. The molecular formula is C41H63BrN8O15. The number of hydrogen-bond acceptors (Lipinski definition) is 15. The van der Waals surface area contributed by atoms with Gasteiger partial charge in [-0.05, 0) is 56.2 Å². The van der Waals surface area contributed by atoms with Crippen molar-refractivity contribution >= 4 is 70.6 Å². The third kappa shape index (κ3) is 25.6. The fraction of sp³-hybridized carbons (Fsp3) is 0.634. The van der Waals surface area contributed by atoms with Crippen molar-refractivity contribution in [2.45, 2.75) is 76.4 Å². The van der Waals surface area contributed by atoms with Crippen molar-refractivity contribution in [2.75, 3.05) is 92.0 Å². The molecule has 1 aliphatic heterocycles. The zero-order valence-corrected chi connectivity index (χ0v) is 38.1. The van der Waals surface area contributed by atoms with Crippen molar-refractivity contribution < 1.29 is 73.1 Å². The maximum Gasteiger partial charge on any atom is 0.326 e. The number of benzene rings is 1. The zero-order valence-electron chi connectivity index (χ0n) is 36.5. The van der Waals surface area contributed by atoms with E-state index in [0.29, 0.717) is 117 Å². The van der Waals surface area contributed by atoms with Crippen LogP contribution >= 0.6 is 15.9 Å². The Hall–Kier alpha value is -5.43. The number of halogens is 1. The molecule has 0 radical (unpaired) electrons. The van der Waals surface area contributed by atoms with Crippen molar-refractivity contribution in [1.29, 1.82) is 0 Å². The molecule has 65 heavy (non-hydrogen) atoms. The van der Waals surface area contributed by atoms with Crippen molar-refractivity contribution in [3.63, 3.8) is 0 Å². The molecule has 23 nitrogen and oxygen atoms in total. The van der Waals surface area contributed by atoms with Crippen LogP contribution in [0.3, 0.4) is 0 Å². The van der Waals surface area contributed by atoms with Gasteiger partial charge >= 0.3 is 29.9 Å². The van der Waals surface area contributed by atoms with Gasteiger partial charge in [-0.3, -0.25) is 48.4 Å². The molecule has 1 fully saturated rings. The Kier molecular flexibility index (Phi) is 27.6. The van der Waals surface area contributed by atoms with Gasteiger partial charge in [-0.15, -0.1) is 0 Å². The largest absolute Gasteiger partial charge is 0.481 e. The molecule has 24 heteroatoms. The van der Waals surface area contributed by atoms with Crippen LogP contribution in [-0.4, -0.2) is 204 Å². The van der Waals surface area contributed by atoms with Gasteiger partial charge in [-0.25, -0.2) is 14.4 Å². The predicted molar refractivity (Wildman–Crippen MR) is 234 cm³/mol. The summed E-state index contributed by atoms with van der Waals surface area (Å²) < 4.78 is 10.8. The first-order valence-electron chi connectivity index (χ1n) is 21.3. The maximum atomic E-state index is 13.5. The van der Waals surface area contributed by atoms with Crippen LogP contribution < -0.4 is 16.0 Å². The SMILES string of the molecule is O=COCN1CCN(COC=O)CCN(CC(=O)NCCCCCC(=O)N(CCCCC(NC(=O)NC(CCC(=O)O)C(=O)O)C(=O)O)Cc2ccc(Br)cc2)CCN(CC(=O)O)CC1. The lowest BCUT2D eigenvalue weighted by molar-refractivity contribution is -0.141. The molecule has 2 atom stereocenters. The molecule has 0 saturated carbocycles. The highest BCUT2D eigenvalue weighted by atomic mass is 79.9. The summed E-state index contributed by atoms with van der Waals surface area (Å²) in [5, 5.41) is 44.6. The molecule has 1 saturated heterocycles. The minimum Gasteiger partial charge on any atom is -0.481 e. The fourth-order valence-electron chi connectivity index (χ4n) is 6.73. The number of nitrogens with zero attached hydrogens (tertiary/aromatic N) is 5. The van der Waals surface area contributed by atoms with Gasteiger partial charge in [-0.1, -0.05) is 34.5 Å². The van der Waals surface area contributed by atoms with E-state index in [1.54, 1.807) is 9.80 Å². The summed E-state index contributed by atoms with van der Waals surface area (Å²) in [5.41, 5.74) is 0.878. The number of carboxylic acids is 4. The Morgan fingerprint density at radius 1 is 0.646 bits per heavy atom. The lowest BCUT2D eigenvalue weighted by Gasteiger charge is -2.33. The van der Waals surface area contributed by atoms with E-state index in [1.165, 1.54) is 0 Å². The number of carboxylic acid groups (broad SMARTS) is 4. The topological polar surface area (TPSA) is 305 Å². The summed E-state index contributed by atoms with van der Waals surface area (Å²) in [6, 6.07) is 3.51. The number of ether oxygens (including phenoxy) is 2. The van der Waals surface area contributed by atoms with E-state index in [0.717, 1.165) is 10.0 Å². The van der Waals surface area contributed by atoms with Gasteiger partial charge < -0.3 is 50.8 Å². The van der Waals surface area contributed by atoms with Gasteiger partial charge in [0.05, 0.1) is 13.1 Å². The van der Waals surface area contributed by atoms with Crippen molar-refractivity contribution in [1.82, 2.24) is 40.4 Å². The monoisotopic (exact) mass is 986 g/mol. The molecule has 0 spiro atoms. The van der Waals surface area contributed by atoms with Gasteiger partial charge in [-0.2, -0.15) is 0 Å². The standard InChI is InChI=1S/C41H63BrN8O15/c42-32-10-8-31(9-11-32)24-50(15-5-3-6-33(39(59)60)44-41(63)45-34(40(61)62)12-13-37(55)56)36(54)7-2-1-4-14-43-35(53)25-46-16-17-47(26-38(57)58)19-21-49(28-65-30-52)23-22-48(20-18-46)27-64-29-51/h8-11,29-30,33-34H,1-7,12-28H2,(H,43,53)(H,55,56)(H,57,58)(H,59,60)(H,61,62)(H2,44,45,63). The van der Waals surface area contributed by atoms with Crippen LogP contribution in [0.25, 0.3) is 0 Å². The lowest BCUT2D eigenvalue weighted by Crippen LogP contribution is -2.51. The molecule has 0 bridgehead atoms. The van der Waals surface area contributed by atoms with Gasteiger partial charge in [0.1, 0.15) is 25.5 Å². The number of carbonyl (C=O) groups excluding carboxylic acids is 5. The van der Waals surface area contributed by atoms with Crippen LogP contribution in [0.1, 0.15) is 63.4 Å². The summed E-state index contributed by atoms with van der Waals surface area (Å²) in [5.74, 6) is -5.40. The van der Waals surface area contributed by atoms with Crippen LogP contribution in [0.5, 0.6) is 0 Å². The molecule has 1 heterocycles. The number of amides is 4. The van der Waals surface area contributed by atoms with Crippen molar-refractivity contribution in [3.05, 3.63) is 34.3 Å². The molecule has 2 unspecified atom stereocenters. The van der Waals surface area contributed by atoms with Crippen LogP contribution in [-0.2, 0) is 54.4 Å². The van der Waals surface area contributed by atoms with E-state index in [-0.39, 0.29) is 57.6 Å². The summed E-state index contributed by atoms with van der Waals surface area (Å²) in [7, 11) is 0. The number of nitrogens with one attached hydrogen (secondary N) is 3. The molecule has 4 amide bonds. The fourth-order valence-corrected chi connectivity index (χ4v) is 7.00. The highest BCUT2D eigenvalue weighted by Crippen LogP contribution is 2.15. The van der Waals surface area contributed by atoms with Crippen LogP contribution in [0, 0.1) is 0 Å². The molecule has 1 aromatic rings. The van der Waals surface area contributed by atoms with Crippen molar-refractivity contribution in [3.8, 4) is 0 Å². The minimum atomic E-state index is -1.53. The summed E-state index contributed by atoms with van der Waals surface area (Å²) >= 11 is 3.41. The molecule has 1 aliphatic rings. The van der Waals surface area contributed by atoms with E-state index in [1.807, 2.05) is 39.0 Å². The molecule has 364 valence electrons. The first-order chi connectivity index (χ1) is 31.1. The van der Waals surface area contributed by atoms with E-state index < -0.39 is 48.4 Å². The van der Waals surface area contributed by atoms with Crippen LogP contribution in [0.4, 0.5) is 4.79 Å². The lowest BCUT2D eigenvalue weighted by atomic mass is 10.1. The molecular weight excluding hydrogens is 924 g/mol. The Balaban J connectivity index is 1.91. The van der Waals surface area contributed by atoms with Crippen LogP contribution in [0.2, 0.25) is 0 Å². The average Bonchev–Trinajstić information content (AvgIpc) is 3.25. The molecule has 0 aromatic heterocycles. The molecule has 2 rings (SSSR count). The molecule has 0 aliphatic carbocycles.